The molecule has 0 aliphatic heterocycles. The molecule has 0 radical (unpaired) electrons. The molecule has 0 fully saturated rings. The summed E-state index contributed by atoms with van der Waals surface area (Å²) in [5.41, 5.74) is 0. The predicted molar refractivity (Wildman–Crippen MR) is 107 cm³/mol. The van der Waals surface area contributed by atoms with Crippen LogP contribution < -0.4 is 4.74 Å². The summed E-state index contributed by atoms with van der Waals surface area (Å²) in [4.78, 5) is 15.3. The van der Waals surface area contributed by atoms with Gasteiger partial charge in [-0.25, -0.2) is 4.79 Å². The van der Waals surface area contributed by atoms with Crippen molar-refractivity contribution in [1.29, 1.82) is 0 Å². The molecule has 4 rings (SSSR count). The lowest BCUT2D eigenvalue weighted by molar-refractivity contribution is 0.0685. The fraction of sp³-hybridized carbons (Fsp3) is 0. The number of benzene rings is 3. The number of hydrogen-bond donors (Lipinski definition) is 1. The summed E-state index contributed by atoms with van der Waals surface area (Å²) in [7, 11) is -0.847. The van der Waals surface area contributed by atoms with Crippen LogP contribution in [-0.4, -0.2) is 5.97 Å². The van der Waals surface area contributed by atoms with Crippen molar-refractivity contribution >= 4 is 16.9 Å². The first-order valence-corrected chi connectivity index (χ1v) is 10.2. The lowest BCUT2D eigenvalue weighted by Gasteiger charge is -2.23. The molecule has 1 heterocycles. The molecule has 4 aromatic rings. The number of carbonyl (C=O) groups excluding carboxylic acids is 1. The predicted octanol–water partition coefficient (Wildman–Crippen LogP) is 6.39. The Morgan fingerprint density at radius 1 is 0.700 bits per heavy atom. The maximum Gasteiger partial charge on any atom is 0.383 e. The number of carbonyl (C=O) groups is 1. The third kappa shape index (κ3) is 3.97. The zero-order chi connectivity index (χ0) is 21.1. The smallest absolute Gasteiger partial charge is 0.383 e. The Morgan fingerprint density at radius 3 is 1.67 bits per heavy atom. The van der Waals surface area contributed by atoms with Gasteiger partial charge in [0.1, 0.15) is 5.75 Å². The van der Waals surface area contributed by atoms with Crippen molar-refractivity contribution in [3.05, 3.63) is 108 Å². The van der Waals surface area contributed by atoms with Crippen LogP contribution in [0.4, 0.5) is 13.2 Å². The van der Waals surface area contributed by atoms with Crippen molar-refractivity contribution in [2.45, 2.75) is 14.7 Å². The fourth-order valence-electron chi connectivity index (χ4n) is 2.91. The van der Waals surface area contributed by atoms with E-state index in [9.17, 15) is 18.0 Å². The summed E-state index contributed by atoms with van der Waals surface area (Å²) in [6.45, 7) is 0. The van der Waals surface area contributed by atoms with E-state index in [1.807, 2.05) is 36.4 Å². The van der Waals surface area contributed by atoms with Crippen molar-refractivity contribution in [3.63, 3.8) is 0 Å². The van der Waals surface area contributed by atoms with Gasteiger partial charge in [-0.05, 0) is 63.2 Å². The van der Waals surface area contributed by atoms with E-state index in [1.54, 1.807) is 24.3 Å². The zero-order valence-corrected chi connectivity index (χ0v) is 16.3. The second kappa shape index (κ2) is 8.51. The van der Waals surface area contributed by atoms with E-state index in [0.717, 1.165) is 14.7 Å². The molecular weight excluding hydrogens is 413 g/mol. The molecule has 7 heteroatoms. The van der Waals surface area contributed by atoms with Crippen LogP contribution in [0.3, 0.4) is 0 Å². The van der Waals surface area contributed by atoms with Crippen LogP contribution in [0.5, 0.6) is 5.75 Å². The molecule has 30 heavy (non-hydrogen) atoms. The van der Waals surface area contributed by atoms with Gasteiger partial charge in [-0.2, -0.15) is 24.1 Å². The minimum Gasteiger partial charge on any atom is -0.421 e. The summed E-state index contributed by atoms with van der Waals surface area (Å²) in [5.74, 6) is -5.95. The first-order valence-electron chi connectivity index (χ1n) is 8.90. The lowest BCUT2D eigenvalue weighted by atomic mass is 10.3. The molecule has 0 bridgehead atoms. The molecular formula is C23H15F3O3S. The van der Waals surface area contributed by atoms with E-state index in [1.165, 1.54) is 0 Å². The summed E-state index contributed by atoms with van der Waals surface area (Å²) in [6, 6.07) is 24.9. The number of ether oxygens (including phenoxy) is 1. The number of halogens is 3. The molecule has 1 aromatic heterocycles. The summed E-state index contributed by atoms with van der Waals surface area (Å²) >= 11 is 0. The van der Waals surface area contributed by atoms with E-state index in [4.69, 9.17) is 4.74 Å². The molecule has 0 unspecified atom stereocenters. The highest BCUT2D eigenvalue weighted by molar-refractivity contribution is 8.17. The van der Waals surface area contributed by atoms with Crippen molar-refractivity contribution in [1.82, 2.24) is 0 Å². The number of thiol groups is 1. The lowest BCUT2D eigenvalue weighted by Crippen LogP contribution is -2.09. The Balaban J connectivity index is 1.61. The minimum atomic E-state index is -1.85. The maximum atomic E-state index is 13.5. The average molecular weight is 428 g/mol. The Morgan fingerprint density at radius 2 is 1.20 bits per heavy atom. The highest BCUT2D eigenvalue weighted by Crippen LogP contribution is 2.51. The van der Waals surface area contributed by atoms with E-state index in [0.29, 0.717) is 0 Å². The number of esters is 1. The molecule has 0 aliphatic rings. The summed E-state index contributed by atoms with van der Waals surface area (Å²) < 4.78 is 48.7. The van der Waals surface area contributed by atoms with Crippen LogP contribution >= 0.6 is 10.9 Å². The molecule has 3 nitrogen and oxygen atoms in total. The highest BCUT2D eigenvalue weighted by atomic mass is 32.2. The zero-order valence-electron chi connectivity index (χ0n) is 15.4. The Kier molecular flexibility index (Phi) is 5.63. The van der Waals surface area contributed by atoms with Crippen LogP contribution in [0.15, 0.2) is 104 Å². The quantitative estimate of drug-likeness (QED) is 0.227. The van der Waals surface area contributed by atoms with Crippen molar-refractivity contribution in [2.75, 3.05) is 0 Å². The number of furan rings is 1. The van der Waals surface area contributed by atoms with E-state index >= 15 is 0 Å². The standard InChI is InChI=1S/C23H15F3O3S/c24-19-20(25)22(26)29-21(19)23(27)28-15-11-13-18(14-12-15)30(16-7-3-1-4-8-16)17-9-5-2-6-10-17/h1-14,30H. The van der Waals surface area contributed by atoms with Gasteiger partial charge < -0.3 is 9.15 Å². The monoisotopic (exact) mass is 428 g/mol. The maximum absolute atomic E-state index is 13.5. The first-order chi connectivity index (χ1) is 14.5. The van der Waals surface area contributed by atoms with Crippen molar-refractivity contribution < 1.29 is 27.1 Å². The number of hydrogen-bond acceptors (Lipinski definition) is 3. The molecule has 0 spiro atoms. The highest BCUT2D eigenvalue weighted by Gasteiger charge is 2.27. The van der Waals surface area contributed by atoms with Crippen LogP contribution in [-0.2, 0) is 0 Å². The van der Waals surface area contributed by atoms with Gasteiger partial charge in [-0.15, -0.1) is 0 Å². The van der Waals surface area contributed by atoms with Crippen molar-refractivity contribution in [3.8, 4) is 5.75 Å². The molecule has 3 aromatic carbocycles. The second-order valence-electron chi connectivity index (χ2n) is 6.22. The molecule has 0 aliphatic carbocycles. The van der Waals surface area contributed by atoms with Gasteiger partial charge in [0.25, 0.3) is 5.76 Å². The molecule has 0 N–H and O–H groups in total. The molecule has 0 saturated heterocycles. The van der Waals surface area contributed by atoms with Gasteiger partial charge in [0.15, 0.2) is 0 Å². The van der Waals surface area contributed by atoms with Gasteiger partial charge in [0.05, 0.1) is 0 Å². The van der Waals surface area contributed by atoms with E-state index in [2.05, 4.69) is 28.7 Å². The third-order valence-corrected chi connectivity index (χ3v) is 6.72. The SMILES string of the molecule is O=C(Oc1ccc([SH](c2ccccc2)c2ccccc2)cc1)c1oc(F)c(F)c1F. The normalized spacial score (nSPS) is 11.2. The van der Waals surface area contributed by atoms with Gasteiger partial charge in [0, 0.05) is 0 Å². The molecule has 0 saturated carbocycles. The van der Waals surface area contributed by atoms with Crippen LogP contribution in [0.25, 0.3) is 0 Å². The molecule has 0 amide bonds. The van der Waals surface area contributed by atoms with Gasteiger partial charge in [0.2, 0.25) is 11.6 Å². The summed E-state index contributed by atoms with van der Waals surface area (Å²) in [6.07, 6.45) is 0. The Bertz CT molecular complexity index is 1120. The van der Waals surface area contributed by atoms with Gasteiger partial charge in [-0.3, -0.25) is 0 Å². The third-order valence-electron chi connectivity index (χ3n) is 4.28. The van der Waals surface area contributed by atoms with E-state index in [-0.39, 0.29) is 5.75 Å². The fourth-order valence-corrected chi connectivity index (χ4v) is 5.20. The van der Waals surface area contributed by atoms with Gasteiger partial charge in [-0.1, -0.05) is 36.4 Å². The number of rotatable bonds is 5. The van der Waals surface area contributed by atoms with Crippen LogP contribution in [0, 0.1) is 17.6 Å². The average Bonchev–Trinajstić information content (AvgIpc) is 3.04. The Hall–Kier alpha value is -3.45. The van der Waals surface area contributed by atoms with Gasteiger partial charge >= 0.3 is 12.0 Å². The van der Waals surface area contributed by atoms with Crippen LogP contribution in [0.2, 0.25) is 0 Å². The molecule has 0 atom stereocenters. The van der Waals surface area contributed by atoms with E-state index < -0.39 is 40.3 Å². The largest absolute Gasteiger partial charge is 0.421 e. The second-order valence-corrected chi connectivity index (χ2v) is 8.44. The Labute approximate surface area is 173 Å². The topological polar surface area (TPSA) is 39.4 Å². The summed E-state index contributed by atoms with van der Waals surface area (Å²) in [5, 5.41) is 0. The van der Waals surface area contributed by atoms with Crippen LogP contribution in [0.1, 0.15) is 10.6 Å². The minimum absolute atomic E-state index is 0.0939. The molecule has 152 valence electrons. The first kappa shape index (κ1) is 19.8. The van der Waals surface area contributed by atoms with Crippen molar-refractivity contribution in [2.24, 2.45) is 0 Å².